The van der Waals surface area contributed by atoms with Crippen LogP contribution in [-0.2, 0) is 9.59 Å². The standard InChI is InChI=1S/C22H36N4O2S/c1-16(2)24(4)21(28)18-10-13-25(14-11-18)17(3)20(27)26(22-23-12-15-29-22)19-8-6-5-7-9-19/h12,15-19H,5-11,13-14H2,1-4H3. The highest BCUT2D eigenvalue weighted by Gasteiger charge is 2.36. The molecule has 1 aromatic heterocycles. The fourth-order valence-corrected chi connectivity index (χ4v) is 5.26. The lowest BCUT2D eigenvalue weighted by Crippen LogP contribution is -2.54. The van der Waals surface area contributed by atoms with Gasteiger partial charge in [0.15, 0.2) is 5.13 Å². The first-order chi connectivity index (χ1) is 13.9. The van der Waals surface area contributed by atoms with Crippen molar-refractivity contribution in [1.29, 1.82) is 0 Å². The minimum Gasteiger partial charge on any atom is -0.343 e. The normalized spacial score (nSPS) is 20.6. The molecule has 0 N–H and O–H groups in total. The molecule has 2 aliphatic rings. The molecule has 0 spiro atoms. The van der Waals surface area contributed by atoms with Crippen LogP contribution in [0.4, 0.5) is 5.13 Å². The van der Waals surface area contributed by atoms with E-state index < -0.39 is 0 Å². The molecule has 29 heavy (non-hydrogen) atoms. The number of piperidine rings is 1. The number of amides is 2. The van der Waals surface area contributed by atoms with Gasteiger partial charge < -0.3 is 4.90 Å². The maximum atomic E-state index is 13.5. The number of carbonyl (C=O) groups is 2. The number of anilines is 1. The van der Waals surface area contributed by atoms with Gasteiger partial charge in [-0.25, -0.2) is 4.98 Å². The van der Waals surface area contributed by atoms with Crippen LogP contribution in [0.25, 0.3) is 0 Å². The minimum atomic E-state index is -0.181. The second-order valence-corrected chi connectivity index (χ2v) is 9.72. The van der Waals surface area contributed by atoms with Gasteiger partial charge in [0, 0.05) is 36.6 Å². The quantitative estimate of drug-likeness (QED) is 0.703. The van der Waals surface area contributed by atoms with Crippen LogP contribution >= 0.6 is 11.3 Å². The number of thiazole rings is 1. The topological polar surface area (TPSA) is 56.8 Å². The molecular weight excluding hydrogens is 384 g/mol. The number of nitrogens with zero attached hydrogens (tertiary/aromatic N) is 4. The van der Waals surface area contributed by atoms with Crippen molar-refractivity contribution in [3.63, 3.8) is 0 Å². The van der Waals surface area contributed by atoms with Crippen molar-refractivity contribution < 1.29 is 9.59 Å². The van der Waals surface area contributed by atoms with Gasteiger partial charge in [0.1, 0.15) is 0 Å². The van der Waals surface area contributed by atoms with Gasteiger partial charge in [0.05, 0.1) is 6.04 Å². The van der Waals surface area contributed by atoms with E-state index in [0.717, 1.165) is 43.9 Å². The van der Waals surface area contributed by atoms with E-state index in [9.17, 15) is 9.59 Å². The zero-order valence-corrected chi connectivity index (χ0v) is 19.2. The van der Waals surface area contributed by atoms with E-state index in [2.05, 4.69) is 9.88 Å². The smallest absolute Gasteiger partial charge is 0.246 e. The second-order valence-electron chi connectivity index (χ2n) is 8.84. The number of likely N-dealkylation sites (tertiary alicyclic amines) is 1. The van der Waals surface area contributed by atoms with Gasteiger partial charge in [0.25, 0.3) is 0 Å². The Bertz CT molecular complexity index is 664. The van der Waals surface area contributed by atoms with Crippen LogP contribution < -0.4 is 4.90 Å². The monoisotopic (exact) mass is 420 g/mol. The highest BCUT2D eigenvalue weighted by molar-refractivity contribution is 7.13. The molecule has 1 aromatic rings. The molecule has 1 atom stereocenters. The lowest BCUT2D eigenvalue weighted by molar-refractivity contribution is -0.137. The molecule has 1 aliphatic carbocycles. The molecule has 1 saturated heterocycles. The van der Waals surface area contributed by atoms with E-state index in [-0.39, 0.29) is 35.9 Å². The number of rotatable bonds is 6. The summed E-state index contributed by atoms with van der Waals surface area (Å²) in [6.07, 6.45) is 9.21. The Morgan fingerprint density at radius 3 is 2.31 bits per heavy atom. The third-order valence-corrected chi connectivity index (χ3v) is 7.48. The summed E-state index contributed by atoms with van der Waals surface area (Å²) in [5.74, 6) is 0.482. The van der Waals surface area contributed by atoms with Crippen molar-refractivity contribution in [3.05, 3.63) is 11.6 Å². The van der Waals surface area contributed by atoms with E-state index in [0.29, 0.717) is 0 Å². The van der Waals surface area contributed by atoms with E-state index in [1.807, 2.05) is 43.0 Å². The first-order valence-corrected chi connectivity index (χ1v) is 12.0. The summed E-state index contributed by atoms with van der Waals surface area (Å²) in [6.45, 7) is 7.71. The molecule has 1 aliphatic heterocycles. The fourth-order valence-electron chi connectivity index (χ4n) is 4.54. The van der Waals surface area contributed by atoms with E-state index in [4.69, 9.17) is 0 Å². The summed E-state index contributed by atoms with van der Waals surface area (Å²) in [6, 6.07) is 0.312. The highest BCUT2D eigenvalue weighted by Crippen LogP contribution is 2.30. The largest absolute Gasteiger partial charge is 0.343 e. The van der Waals surface area contributed by atoms with Crippen LogP contribution in [0, 0.1) is 5.92 Å². The maximum Gasteiger partial charge on any atom is 0.246 e. The summed E-state index contributed by atoms with van der Waals surface area (Å²) in [5, 5.41) is 2.78. The van der Waals surface area contributed by atoms with E-state index >= 15 is 0 Å². The van der Waals surface area contributed by atoms with Crippen molar-refractivity contribution in [3.8, 4) is 0 Å². The first kappa shape index (κ1) is 22.2. The van der Waals surface area contributed by atoms with Crippen LogP contribution in [0.5, 0.6) is 0 Å². The molecular formula is C22H36N4O2S. The average molecular weight is 421 g/mol. The molecule has 1 unspecified atom stereocenters. The number of carbonyl (C=O) groups excluding carboxylic acids is 2. The maximum absolute atomic E-state index is 13.5. The molecule has 162 valence electrons. The minimum absolute atomic E-state index is 0.0781. The molecule has 7 heteroatoms. The predicted octanol–water partition coefficient (Wildman–Crippen LogP) is 3.78. The van der Waals surface area contributed by atoms with Crippen LogP contribution in [0.15, 0.2) is 11.6 Å². The molecule has 6 nitrogen and oxygen atoms in total. The Hall–Kier alpha value is -1.47. The fraction of sp³-hybridized carbons (Fsp3) is 0.773. The summed E-state index contributed by atoms with van der Waals surface area (Å²) in [5.41, 5.74) is 0. The van der Waals surface area contributed by atoms with E-state index in [1.165, 1.54) is 19.3 Å². The van der Waals surface area contributed by atoms with Gasteiger partial charge in [-0.15, -0.1) is 11.3 Å². The Morgan fingerprint density at radius 1 is 1.10 bits per heavy atom. The van der Waals surface area contributed by atoms with Gasteiger partial charge in [-0.2, -0.15) is 0 Å². The number of aromatic nitrogens is 1. The van der Waals surface area contributed by atoms with Crippen molar-refractivity contribution in [2.24, 2.45) is 5.92 Å². The van der Waals surface area contributed by atoms with Crippen LogP contribution in [-0.4, -0.2) is 64.9 Å². The SMILES string of the molecule is CC(C(=O)N(c1nccs1)C1CCCCC1)N1CCC(C(=O)N(C)C(C)C)CC1. The summed E-state index contributed by atoms with van der Waals surface area (Å²) in [4.78, 5) is 36.7. The van der Waals surface area contributed by atoms with Gasteiger partial charge >= 0.3 is 0 Å². The van der Waals surface area contributed by atoms with Crippen LogP contribution in [0.3, 0.4) is 0 Å². The van der Waals surface area contributed by atoms with Crippen molar-refractivity contribution in [1.82, 2.24) is 14.8 Å². The van der Waals surface area contributed by atoms with Gasteiger partial charge in [-0.3, -0.25) is 19.4 Å². The van der Waals surface area contributed by atoms with Crippen LogP contribution in [0.2, 0.25) is 0 Å². The highest BCUT2D eigenvalue weighted by atomic mass is 32.1. The number of hydrogen-bond acceptors (Lipinski definition) is 5. The molecule has 1 saturated carbocycles. The molecule has 0 bridgehead atoms. The zero-order chi connectivity index (χ0) is 21.0. The second kappa shape index (κ2) is 10.0. The molecule has 0 radical (unpaired) electrons. The van der Waals surface area contributed by atoms with Crippen LogP contribution in [0.1, 0.15) is 65.7 Å². The lowest BCUT2D eigenvalue weighted by atomic mass is 9.92. The molecule has 2 fully saturated rings. The lowest BCUT2D eigenvalue weighted by Gasteiger charge is -2.40. The van der Waals surface area contributed by atoms with Gasteiger partial charge in [-0.05, 0) is 59.5 Å². The Kier molecular flexibility index (Phi) is 7.68. The third-order valence-electron chi connectivity index (χ3n) is 6.71. The molecule has 3 rings (SSSR count). The van der Waals surface area contributed by atoms with Gasteiger partial charge in [-0.1, -0.05) is 19.3 Å². The average Bonchev–Trinajstić information content (AvgIpc) is 3.27. The molecule has 2 heterocycles. The third kappa shape index (κ3) is 5.18. The zero-order valence-electron chi connectivity index (χ0n) is 18.3. The Labute approximate surface area is 179 Å². The summed E-state index contributed by atoms with van der Waals surface area (Å²) < 4.78 is 0. The molecule has 2 amide bonds. The Balaban J connectivity index is 1.63. The van der Waals surface area contributed by atoms with Gasteiger partial charge in [0.2, 0.25) is 11.8 Å². The summed E-state index contributed by atoms with van der Waals surface area (Å²) in [7, 11) is 1.89. The molecule has 0 aromatic carbocycles. The van der Waals surface area contributed by atoms with E-state index in [1.54, 1.807) is 17.5 Å². The van der Waals surface area contributed by atoms with Crippen molar-refractivity contribution >= 4 is 28.3 Å². The predicted molar refractivity (Wildman–Crippen MR) is 118 cm³/mol. The summed E-state index contributed by atoms with van der Waals surface area (Å²) >= 11 is 1.55. The van der Waals surface area contributed by atoms with Crippen molar-refractivity contribution in [2.75, 3.05) is 25.0 Å². The number of hydrogen-bond donors (Lipinski definition) is 0. The first-order valence-electron chi connectivity index (χ1n) is 11.1. The Morgan fingerprint density at radius 2 is 1.76 bits per heavy atom. The van der Waals surface area contributed by atoms with Crippen molar-refractivity contribution in [2.45, 2.75) is 83.8 Å².